The summed E-state index contributed by atoms with van der Waals surface area (Å²) < 4.78 is 38.3. The molecule has 118 valence electrons. The number of piperazine rings is 1. The van der Waals surface area contributed by atoms with Gasteiger partial charge in [0, 0.05) is 49.5 Å². The van der Waals surface area contributed by atoms with Gasteiger partial charge < -0.3 is 4.90 Å². The minimum atomic E-state index is -4.29. The van der Waals surface area contributed by atoms with Crippen LogP contribution in [0.3, 0.4) is 0 Å². The first kappa shape index (κ1) is 15.3. The van der Waals surface area contributed by atoms with Crippen molar-refractivity contribution in [2.24, 2.45) is 0 Å². The molecule has 0 unspecified atom stereocenters. The first-order chi connectivity index (χ1) is 10.5. The number of thiazole rings is 1. The van der Waals surface area contributed by atoms with Crippen molar-refractivity contribution in [3.05, 3.63) is 46.4 Å². The average Bonchev–Trinajstić information content (AvgIpc) is 3.00. The van der Waals surface area contributed by atoms with Gasteiger partial charge in [0.15, 0.2) is 0 Å². The van der Waals surface area contributed by atoms with Crippen LogP contribution in [0.5, 0.6) is 0 Å². The third-order valence-corrected chi connectivity index (χ3v) is 4.54. The molecule has 1 saturated heterocycles. The summed E-state index contributed by atoms with van der Waals surface area (Å²) in [7, 11) is 0. The Morgan fingerprint density at radius 1 is 1.14 bits per heavy atom. The Kier molecular flexibility index (Phi) is 4.35. The van der Waals surface area contributed by atoms with Gasteiger partial charge in [0.05, 0.1) is 11.1 Å². The van der Waals surface area contributed by atoms with Crippen LogP contribution < -0.4 is 4.90 Å². The van der Waals surface area contributed by atoms with Gasteiger partial charge in [-0.1, -0.05) is 6.07 Å². The quantitative estimate of drug-likeness (QED) is 0.860. The van der Waals surface area contributed by atoms with Crippen molar-refractivity contribution in [3.8, 4) is 0 Å². The second-order valence-electron chi connectivity index (χ2n) is 5.28. The molecule has 2 heterocycles. The van der Waals surface area contributed by atoms with Gasteiger partial charge in [-0.2, -0.15) is 13.2 Å². The van der Waals surface area contributed by atoms with Gasteiger partial charge in [-0.05, 0) is 18.2 Å². The highest BCUT2D eigenvalue weighted by atomic mass is 32.1. The zero-order valence-corrected chi connectivity index (χ0v) is 12.7. The van der Waals surface area contributed by atoms with Crippen molar-refractivity contribution in [3.63, 3.8) is 0 Å². The SMILES string of the molecule is FC(F)(F)c1cccc(N2CCN(Cc3cncs3)CC2)c1. The number of hydrogen-bond donors (Lipinski definition) is 0. The van der Waals surface area contributed by atoms with Gasteiger partial charge in [0.1, 0.15) is 0 Å². The number of halogens is 3. The molecule has 3 rings (SSSR count). The van der Waals surface area contributed by atoms with Gasteiger partial charge in [-0.25, -0.2) is 0 Å². The zero-order valence-electron chi connectivity index (χ0n) is 11.9. The lowest BCUT2D eigenvalue weighted by Crippen LogP contribution is -2.45. The van der Waals surface area contributed by atoms with E-state index in [1.165, 1.54) is 17.0 Å². The number of anilines is 1. The maximum atomic E-state index is 12.8. The third-order valence-electron chi connectivity index (χ3n) is 3.77. The van der Waals surface area contributed by atoms with E-state index in [0.717, 1.165) is 38.8 Å². The molecular weight excluding hydrogens is 311 g/mol. The van der Waals surface area contributed by atoms with E-state index >= 15 is 0 Å². The fourth-order valence-corrected chi connectivity index (χ4v) is 3.22. The van der Waals surface area contributed by atoms with Gasteiger partial charge in [0.2, 0.25) is 0 Å². The summed E-state index contributed by atoms with van der Waals surface area (Å²) >= 11 is 1.63. The number of benzene rings is 1. The molecule has 22 heavy (non-hydrogen) atoms. The van der Waals surface area contributed by atoms with E-state index in [1.807, 2.05) is 16.6 Å². The number of hydrogen-bond acceptors (Lipinski definition) is 4. The molecule has 0 N–H and O–H groups in total. The van der Waals surface area contributed by atoms with Gasteiger partial charge >= 0.3 is 6.18 Å². The predicted molar refractivity (Wildman–Crippen MR) is 81.0 cm³/mol. The van der Waals surface area contributed by atoms with Crippen LogP contribution in [0.25, 0.3) is 0 Å². The van der Waals surface area contributed by atoms with Crippen LogP contribution in [0.15, 0.2) is 36.0 Å². The number of alkyl halides is 3. The Bertz CT molecular complexity index is 605. The van der Waals surface area contributed by atoms with Gasteiger partial charge in [0.25, 0.3) is 0 Å². The highest BCUT2D eigenvalue weighted by Crippen LogP contribution is 2.31. The normalized spacial score (nSPS) is 17.0. The van der Waals surface area contributed by atoms with Crippen molar-refractivity contribution in [1.29, 1.82) is 0 Å². The van der Waals surface area contributed by atoms with Crippen LogP contribution in [-0.4, -0.2) is 36.1 Å². The molecule has 3 nitrogen and oxygen atoms in total. The maximum absolute atomic E-state index is 12.8. The second-order valence-corrected chi connectivity index (χ2v) is 6.25. The molecular formula is C15H16F3N3S. The lowest BCUT2D eigenvalue weighted by molar-refractivity contribution is -0.137. The van der Waals surface area contributed by atoms with Crippen LogP contribution in [-0.2, 0) is 12.7 Å². The van der Waals surface area contributed by atoms with Crippen molar-refractivity contribution >= 4 is 17.0 Å². The molecule has 0 spiro atoms. The smallest absolute Gasteiger partial charge is 0.369 e. The lowest BCUT2D eigenvalue weighted by atomic mass is 10.1. The maximum Gasteiger partial charge on any atom is 0.416 e. The van der Waals surface area contributed by atoms with Crippen molar-refractivity contribution in [2.45, 2.75) is 12.7 Å². The molecule has 7 heteroatoms. The monoisotopic (exact) mass is 327 g/mol. The van der Waals surface area contributed by atoms with E-state index in [9.17, 15) is 13.2 Å². The van der Waals surface area contributed by atoms with Crippen LogP contribution in [0, 0.1) is 0 Å². The first-order valence-electron chi connectivity index (χ1n) is 7.04. The molecule has 0 amide bonds. The Morgan fingerprint density at radius 2 is 1.91 bits per heavy atom. The fraction of sp³-hybridized carbons (Fsp3) is 0.400. The molecule has 1 aromatic heterocycles. The van der Waals surface area contributed by atoms with Gasteiger partial charge in [-0.15, -0.1) is 11.3 Å². The number of aromatic nitrogens is 1. The summed E-state index contributed by atoms with van der Waals surface area (Å²) in [4.78, 5) is 9.59. The fourth-order valence-electron chi connectivity index (χ4n) is 2.58. The molecule has 1 aliphatic heterocycles. The van der Waals surface area contributed by atoms with Crippen LogP contribution in [0.4, 0.5) is 18.9 Å². The van der Waals surface area contributed by atoms with E-state index in [1.54, 1.807) is 17.4 Å². The second kappa shape index (κ2) is 6.26. The molecule has 1 fully saturated rings. The Balaban J connectivity index is 1.61. The van der Waals surface area contributed by atoms with Crippen LogP contribution in [0.1, 0.15) is 10.4 Å². The van der Waals surface area contributed by atoms with E-state index in [2.05, 4.69) is 9.88 Å². The Labute approximate surface area is 131 Å². The average molecular weight is 327 g/mol. The van der Waals surface area contributed by atoms with E-state index in [4.69, 9.17) is 0 Å². The molecule has 0 saturated carbocycles. The number of rotatable bonds is 3. The molecule has 1 aromatic carbocycles. The summed E-state index contributed by atoms with van der Waals surface area (Å²) in [5.41, 5.74) is 1.87. The lowest BCUT2D eigenvalue weighted by Gasteiger charge is -2.36. The van der Waals surface area contributed by atoms with Crippen molar-refractivity contribution in [1.82, 2.24) is 9.88 Å². The molecule has 1 aliphatic rings. The van der Waals surface area contributed by atoms with Crippen LogP contribution >= 0.6 is 11.3 Å². The topological polar surface area (TPSA) is 19.4 Å². The summed E-state index contributed by atoms with van der Waals surface area (Å²) in [6, 6.07) is 5.57. The van der Waals surface area contributed by atoms with E-state index < -0.39 is 11.7 Å². The summed E-state index contributed by atoms with van der Waals surface area (Å²) in [6.07, 6.45) is -2.42. The van der Waals surface area contributed by atoms with E-state index in [0.29, 0.717) is 5.69 Å². The molecule has 0 atom stereocenters. The zero-order chi connectivity index (χ0) is 15.6. The summed E-state index contributed by atoms with van der Waals surface area (Å²) in [5, 5.41) is 0. The molecule has 0 bridgehead atoms. The Hall–Kier alpha value is -1.60. The minimum absolute atomic E-state index is 0.586. The van der Waals surface area contributed by atoms with Crippen molar-refractivity contribution < 1.29 is 13.2 Å². The molecule has 0 aliphatic carbocycles. The van der Waals surface area contributed by atoms with Crippen molar-refractivity contribution in [2.75, 3.05) is 31.1 Å². The minimum Gasteiger partial charge on any atom is -0.369 e. The highest BCUT2D eigenvalue weighted by molar-refractivity contribution is 7.09. The van der Waals surface area contributed by atoms with Gasteiger partial charge in [-0.3, -0.25) is 9.88 Å². The number of nitrogens with zero attached hydrogens (tertiary/aromatic N) is 3. The van der Waals surface area contributed by atoms with E-state index in [-0.39, 0.29) is 0 Å². The predicted octanol–water partition coefficient (Wildman–Crippen LogP) is 3.48. The largest absolute Gasteiger partial charge is 0.416 e. The summed E-state index contributed by atoms with van der Waals surface area (Å²) in [6.45, 7) is 4.02. The summed E-state index contributed by atoms with van der Waals surface area (Å²) in [5.74, 6) is 0. The Morgan fingerprint density at radius 3 is 2.55 bits per heavy atom. The standard InChI is InChI=1S/C15H16F3N3S/c16-15(17,18)12-2-1-3-13(8-12)21-6-4-20(5-7-21)10-14-9-19-11-22-14/h1-3,8-9,11H,4-7,10H2. The van der Waals surface area contributed by atoms with Crippen LogP contribution in [0.2, 0.25) is 0 Å². The molecule has 0 radical (unpaired) electrons. The first-order valence-corrected chi connectivity index (χ1v) is 7.92. The third kappa shape index (κ3) is 3.59. The molecule has 2 aromatic rings. The highest BCUT2D eigenvalue weighted by Gasteiger charge is 2.31.